The molecule has 0 aliphatic heterocycles. The molecule has 6 heteroatoms. The van der Waals surface area contributed by atoms with E-state index in [1.54, 1.807) is 17.8 Å². The Morgan fingerprint density at radius 1 is 1.12 bits per heavy atom. The topological polar surface area (TPSA) is 68.0 Å². The lowest BCUT2D eigenvalue weighted by Gasteiger charge is -2.03. The summed E-state index contributed by atoms with van der Waals surface area (Å²) in [6.45, 7) is 1.88. The van der Waals surface area contributed by atoms with E-state index in [4.69, 9.17) is 4.42 Å². The van der Waals surface area contributed by atoms with Gasteiger partial charge in [-0.3, -0.25) is 10.1 Å². The standard InChI is InChI=1S/C18H17N3O2S/c1-12-5-3-4-6-15(12)17(22)19-18-21-20-16(23-18)11-13-7-9-14(24-2)10-8-13/h3-10H,11H2,1-2H3,(H,19,21,22). The van der Waals surface area contributed by atoms with Crippen LogP contribution in [0.3, 0.4) is 0 Å². The first-order chi connectivity index (χ1) is 11.7. The van der Waals surface area contributed by atoms with Gasteiger partial charge in [0.25, 0.3) is 5.91 Å². The fourth-order valence-corrected chi connectivity index (χ4v) is 2.69. The van der Waals surface area contributed by atoms with Crippen molar-refractivity contribution in [2.24, 2.45) is 0 Å². The molecule has 0 unspecified atom stereocenters. The lowest BCUT2D eigenvalue weighted by molar-refractivity contribution is 0.102. The SMILES string of the molecule is CSc1ccc(Cc2nnc(NC(=O)c3ccccc3C)o2)cc1. The lowest BCUT2D eigenvalue weighted by Crippen LogP contribution is -2.13. The van der Waals surface area contributed by atoms with Crippen LogP contribution in [0.2, 0.25) is 0 Å². The molecule has 1 amide bonds. The number of aromatic nitrogens is 2. The van der Waals surface area contributed by atoms with Crippen LogP contribution in [-0.2, 0) is 6.42 Å². The Hall–Kier alpha value is -2.60. The van der Waals surface area contributed by atoms with Crippen molar-refractivity contribution in [1.29, 1.82) is 0 Å². The van der Waals surface area contributed by atoms with E-state index >= 15 is 0 Å². The van der Waals surface area contributed by atoms with Crippen LogP contribution in [0.4, 0.5) is 6.01 Å². The third-order valence-corrected chi connectivity index (χ3v) is 4.33. The van der Waals surface area contributed by atoms with Gasteiger partial charge in [-0.1, -0.05) is 35.4 Å². The molecule has 5 nitrogen and oxygen atoms in total. The number of aryl methyl sites for hydroxylation is 1. The normalized spacial score (nSPS) is 10.6. The predicted octanol–water partition coefficient (Wildman–Crippen LogP) is 3.94. The molecule has 0 saturated heterocycles. The van der Waals surface area contributed by atoms with Gasteiger partial charge in [-0.05, 0) is 42.5 Å². The number of anilines is 1. The lowest BCUT2D eigenvalue weighted by atomic mass is 10.1. The fraction of sp³-hybridized carbons (Fsp3) is 0.167. The number of nitrogens with one attached hydrogen (secondary N) is 1. The predicted molar refractivity (Wildman–Crippen MR) is 94.5 cm³/mol. The maximum Gasteiger partial charge on any atom is 0.322 e. The van der Waals surface area contributed by atoms with Crippen molar-refractivity contribution >= 4 is 23.7 Å². The van der Waals surface area contributed by atoms with Gasteiger partial charge in [-0.25, -0.2) is 0 Å². The molecule has 0 aliphatic carbocycles. The van der Waals surface area contributed by atoms with Crippen LogP contribution in [0, 0.1) is 6.92 Å². The Balaban J connectivity index is 1.67. The molecule has 0 bridgehead atoms. The van der Waals surface area contributed by atoms with E-state index in [0.717, 1.165) is 11.1 Å². The van der Waals surface area contributed by atoms with Gasteiger partial charge >= 0.3 is 6.01 Å². The molecular formula is C18H17N3O2S. The number of thioether (sulfide) groups is 1. The highest BCUT2D eigenvalue weighted by atomic mass is 32.2. The maximum absolute atomic E-state index is 12.2. The van der Waals surface area contributed by atoms with E-state index in [9.17, 15) is 4.79 Å². The number of carbonyl (C=O) groups is 1. The van der Waals surface area contributed by atoms with E-state index in [0.29, 0.717) is 17.9 Å². The second kappa shape index (κ2) is 7.31. The quantitative estimate of drug-likeness (QED) is 0.713. The number of hydrogen-bond donors (Lipinski definition) is 1. The molecule has 24 heavy (non-hydrogen) atoms. The highest BCUT2D eigenvalue weighted by Gasteiger charge is 2.13. The first kappa shape index (κ1) is 16.3. The minimum Gasteiger partial charge on any atom is -0.407 e. The van der Waals surface area contributed by atoms with E-state index in [1.165, 1.54) is 4.90 Å². The van der Waals surface area contributed by atoms with Crippen LogP contribution in [-0.4, -0.2) is 22.4 Å². The van der Waals surface area contributed by atoms with Crippen molar-refractivity contribution in [2.45, 2.75) is 18.2 Å². The Kier molecular flexibility index (Phi) is 4.96. The number of hydrogen-bond acceptors (Lipinski definition) is 5. The zero-order valence-electron chi connectivity index (χ0n) is 13.4. The molecule has 0 spiro atoms. The number of rotatable bonds is 5. The van der Waals surface area contributed by atoms with Crippen molar-refractivity contribution in [3.8, 4) is 0 Å². The van der Waals surface area contributed by atoms with Crippen LogP contribution < -0.4 is 5.32 Å². The Labute approximate surface area is 144 Å². The molecule has 1 heterocycles. The van der Waals surface area contributed by atoms with Crippen LogP contribution in [0.5, 0.6) is 0 Å². The first-order valence-electron chi connectivity index (χ1n) is 7.48. The summed E-state index contributed by atoms with van der Waals surface area (Å²) in [6.07, 6.45) is 2.57. The van der Waals surface area contributed by atoms with E-state index in [-0.39, 0.29) is 11.9 Å². The summed E-state index contributed by atoms with van der Waals surface area (Å²) in [5.74, 6) is 0.208. The van der Waals surface area contributed by atoms with Crippen LogP contribution in [0.1, 0.15) is 27.4 Å². The second-order valence-corrected chi connectivity index (χ2v) is 6.17. The number of nitrogens with zero attached hydrogens (tertiary/aromatic N) is 2. The van der Waals surface area contributed by atoms with Gasteiger partial charge in [0.15, 0.2) is 0 Å². The molecule has 122 valence electrons. The van der Waals surface area contributed by atoms with Gasteiger partial charge in [0, 0.05) is 10.5 Å². The van der Waals surface area contributed by atoms with E-state index in [1.807, 2.05) is 43.5 Å². The van der Waals surface area contributed by atoms with Crippen LogP contribution in [0.25, 0.3) is 0 Å². The molecule has 0 atom stereocenters. The zero-order chi connectivity index (χ0) is 16.9. The smallest absolute Gasteiger partial charge is 0.322 e. The average Bonchev–Trinajstić information content (AvgIpc) is 3.02. The average molecular weight is 339 g/mol. The second-order valence-electron chi connectivity index (χ2n) is 5.29. The van der Waals surface area contributed by atoms with Crippen molar-refractivity contribution in [3.05, 3.63) is 71.1 Å². The minimum atomic E-state index is -0.257. The van der Waals surface area contributed by atoms with Crippen molar-refractivity contribution in [3.63, 3.8) is 0 Å². The molecule has 0 fully saturated rings. The van der Waals surface area contributed by atoms with Gasteiger partial charge < -0.3 is 4.42 Å². The van der Waals surface area contributed by atoms with Crippen molar-refractivity contribution in [2.75, 3.05) is 11.6 Å². The molecular weight excluding hydrogens is 322 g/mol. The van der Waals surface area contributed by atoms with Gasteiger partial charge in [0.05, 0.1) is 6.42 Å². The van der Waals surface area contributed by atoms with E-state index in [2.05, 4.69) is 27.6 Å². The molecule has 2 aromatic carbocycles. The molecule has 1 aromatic heterocycles. The van der Waals surface area contributed by atoms with Crippen molar-refractivity contribution < 1.29 is 9.21 Å². The summed E-state index contributed by atoms with van der Waals surface area (Å²) in [5.41, 5.74) is 2.56. The van der Waals surface area contributed by atoms with Gasteiger partial charge in [0.1, 0.15) is 0 Å². The highest BCUT2D eigenvalue weighted by Crippen LogP contribution is 2.18. The third-order valence-electron chi connectivity index (χ3n) is 3.59. The van der Waals surface area contributed by atoms with Gasteiger partial charge in [-0.15, -0.1) is 16.9 Å². The molecule has 0 saturated carbocycles. The molecule has 1 N–H and O–H groups in total. The van der Waals surface area contributed by atoms with E-state index < -0.39 is 0 Å². The highest BCUT2D eigenvalue weighted by molar-refractivity contribution is 7.98. The number of carbonyl (C=O) groups excluding carboxylic acids is 1. The van der Waals surface area contributed by atoms with Crippen LogP contribution in [0.15, 0.2) is 57.8 Å². The summed E-state index contributed by atoms with van der Waals surface area (Å²) < 4.78 is 5.52. The fourth-order valence-electron chi connectivity index (χ4n) is 2.29. The maximum atomic E-state index is 12.2. The third kappa shape index (κ3) is 3.83. The van der Waals surface area contributed by atoms with Gasteiger partial charge in [-0.2, -0.15) is 0 Å². The summed E-state index contributed by atoms with van der Waals surface area (Å²) in [6, 6.07) is 15.6. The van der Waals surface area contributed by atoms with Crippen molar-refractivity contribution in [1.82, 2.24) is 10.2 Å². The summed E-state index contributed by atoms with van der Waals surface area (Å²) in [4.78, 5) is 13.4. The van der Waals surface area contributed by atoms with Gasteiger partial charge in [0.2, 0.25) is 5.89 Å². The zero-order valence-corrected chi connectivity index (χ0v) is 14.3. The largest absolute Gasteiger partial charge is 0.407 e. The molecule has 3 rings (SSSR count). The molecule has 0 radical (unpaired) electrons. The number of amides is 1. The summed E-state index contributed by atoms with van der Waals surface area (Å²) in [7, 11) is 0. The Bertz CT molecular complexity index is 843. The first-order valence-corrected chi connectivity index (χ1v) is 8.70. The number of benzene rings is 2. The summed E-state index contributed by atoms with van der Waals surface area (Å²) in [5, 5.41) is 10.5. The molecule has 3 aromatic rings. The Morgan fingerprint density at radius 2 is 1.88 bits per heavy atom. The minimum absolute atomic E-state index is 0.110. The monoisotopic (exact) mass is 339 g/mol. The summed E-state index contributed by atoms with van der Waals surface area (Å²) >= 11 is 1.69. The van der Waals surface area contributed by atoms with Crippen LogP contribution >= 0.6 is 11.8 Å². The molecule has 0 aliphatic rings. The Morgan fingerprint density at radius 3 is 2.58 bits per heavy atom.